The van der Waals surface area contributed by atoms with Crippen LogP contribution in [0.15, 0.2) is 0 Å². The van der Waals surface area contributed by atoms with E-state index in [9.17, 15) is 0 Å². The summed E-state index contributed by atoms with van der Waals surface area (Å²) >= 11 is 1.97. The minimum Gasteiger partial charge on any atom is -0.313 e. The van der Waals surface area contributed by atoms with E-state index in [1.54, 1.807) is 0 Å². The molecule has 0 saturated carbocycles. The number of hydrogen-bond acceptors (Lipinski definition) is 3. The predicted molar refractivity (Wildman–Crippen MR) is 75.4 cm³/mol. The fraction of sp³-hybridized carbons (Fsp3) is 1.00. The molecule has 0 amide bonds. The normalized spacial score (nSPS) is 20.8. The van der Waals surface area contributed by atoms with Crippen LogP contribution in [0.25, 0.3) is 0 Å². The number of rotatable bonds is 9. The summed E-state index contributed by atoms with van der Waals surface area (Å²) in [4.78, 5) is 2.67. The maximum absolute atomic E-state index is 3.61. The lowest BCUT2D eigenvalue weighted by Crippen LogP contribution is -2.38. The standard InChI is InChI=1S/C13H28N2S/c1-3-4-9-15(10-6-11-16-2)12-13-7-5-8-14-13/h13-14H,3-12H2,1-2H3. The summed E-state index contributed by atoms with van der Waals surface area (Å²) in [6.07, 6.45) is 8.97. The first-order valence-corrected chi connectivity index (χ1v) is 8.21. The molecule has 1 rings (SSSR count). The van der Waals surface area contributed by atoms with Crippen molar-refractivity contribution in [2.24, 2.45) is 0 Å². The van der Waals surface area contributed by atoms with Crippen LogP contribution in [0.2, 0.25) is 0 Å². The molecule has 0 aromatic rings. The highest BCUT2D eigenvalue weighted by Crippen LogP contribution is 2.09. The average molecular weight is 244 g/mol. The maximum atomic E-state index is 3.61. The van der Waals surface area contributed by atoms with Crippen molar-refractivity contribution in [3.63, 3.8) is 0 Å². The Morgan fingerprint density at radius 1 is 1.31 bits per heavy atom. The molecule has 1 aliphatic heterocycles. The summed E-state index contributed by atoms with van der Waals surface area (Å²) in [6, 6.07) is 0.770. The molecule has 0 spiro atoms. The predicted octanol–water partition coefficient (Wildman–Crippen LogP) is 2.59. The van der Waals surface area contributed by atoms with Gasteiger partial charge in [-0.1, -0.05) is 13.3 Å². The Bertz CT molecular complexity index is 158. The van der Waals surface area contributed by atoms with E-state index < -0.39 is 0 Å². The molecular formula is C13H28N2S. The van der Waals surface area contributed by atoms with Crippen molar-refractivity contribution in [3.8, 4) is 0 Å². The van der Waals surface area contributed by atoms with E-state index in [2.05, 4.69) is 23.4 Å². The largest absolute Gasteiger partial charge is 0.313 e. The van der Waals surface area contributed by atoms with E-state index in [-0.39, 0.29) is 0 Å². The van der Waals surface area contributed by atoms with Gasteiger partial charge in [0.05, 0.1) is 0 Å². The molecule has 0 bridgehead atoms. The van der Waals surface area contributed by atoms with E-state index in [1.165, 1.54) is 64.0 Å². The van der Waals surface area contributed by atoms with Crippen LogP contribution in [0.3, 0.4) is 0 Å². The third-order valence-electron chi connectivity index (χ3n) is 3.29. The minimum atomic E-state index is 0.770. The van der Waals surface area contributed by atoms with Crippen LogP contribution in [-0.2, 0) is 0 Å². The Kier molecular flexibility index (Phi) is 8.34. The molecule has 16 heavy (non-hydrogen) atoms. The van der Waals surface area contributed by atoms with Gasteiger partial charge in [0.1, 0.15) is 0 Å². The van der Waals surface area contributed by atoms with Crippen LogP contribution in [0, 0.1) is 0 Å². The molecule has 1 unspecified atom stereocenters. The van der Waals surface area contributed by atoms with Crippen LogP contribution in [0.1, 0.15) is 39.0 Å². The van der Waals surface area contributed by atoms with Crippen LogP contribution in [0.4, 0.5) is 0 Å². The monoisotopic (exact) mass is 244 g/mol. The smallest absolute Gasteiger partial charge is 0.0195 e. The molecule has 1 N–H and O–H groups in total. The summed E-state index contributed by atoms with van der Waals surface area (Å²) in [6.45, 7) is 7.38. The molecule has 1 aliphatic rings. The van der Waals surface area contributed by atoms with Gasteiger partial charge in [0.15, 0.2) is 0 Å². The summed E-state index contributed by atoms with van der Waals surface area (Å²) in [5, 5.41) is 3.61. The van der Waals surface area contributed by atoms with E-state index in [0.29, 0.717) is 0 Å². The number of unbranched alkanes of at least 4 members (excludes halogenated alkanes) is 1. The van der Waals surface area contributed by atoms with E-state index in [1.807, 2.05) is 11.8 Å². The first-order chi connectivity index (χ1) is 7.86. The van der Waals surface area contributed by atoms with Gasteiger partial charge < -0.3 is 10.2 Å². The van der Waals surface area contributed by atoms with Crippen molar-refractivity contribution < 1.29 is 0 Å². The van der Waals surface area contributed by atoms with Gasteiger partial charge in [0.25, 0.3) is 0 Å². The second-order valence-corrected chi connectivity index (χ2v) is 5.78. The topological polar surface area (TPSA) is 15.3 Å². The molecular weight excluding hydrogens is 216 g/mol. The van der Waals surface area contributed by atoms with Crippen molar-refractivity contribution in [3.05, 3.63) is 0 Å². The molecule has 3 heteroatoms. The maximum Gasteiger partial charge on any atom is 0.0195 e. The first kappa shape index (κ1) is 14.3. The Balaban J connectivity index is 2.18. The van der Waals surface area contributed by atoms with Gasteiger partial charge in [0.2, 0.25) is 0 Å². The van der Waals surface area contributed by atoms with Crippen LogP contribution in [0.5, 0.6) is 0 Å². The van der Waals surface area contributed by atoms with Gasteiger partial charge in [-0.05, 0) is 57.3 Å². The molecule has 0 aromatic heterocycles. The number of nitrogens with zero attached hydrogens (tertiary/aromatic N) is 1. The lowest BCUT2D eigenvalue weighted by Gasteiger charge is -2.25. The number of thioether (sulfide) groups is 1. The fourth-order valence-corrected chi connectivity index (χ4v) is 2.75. The highest BCUT2D eigenvalue weighted by atomic mass is 32.2. The summed E-state index contributed by atoms with van der Waals surface area (Å²) < 4.78 is 0. The second-order valence-electron chi connectivity index (χ2n) is 4.79. The number of hydrogen-bond donors (Lipinski definition) is 1. The molecule has 0 aliphatic carbocycles. The summed E-state index contributed by atoms with van der Waals surface area (Å²) in [7, 11) is 0. The Hall–Kier alpha value is 0.270. The van der Waals surface area contributed by atoms with Gasteiger partial charge in [-0.3, -0.25) is 0 Å². The minimum absolute atomic E-state index is 0.770. The van der Waals surface area contributed by atoms with Crippen molar-refractivity contribution in [1.29, 1.82) is 0 Å². The van der Waals surface area contributed by atoms with E-state index >= 15 is 0 Å². The first-order valence-electron chi connectivity index (χ1n) is 6.81. The molecule has 0 aromatic carbocycles. The zero-order valence-corrected chi connectivity index (χ0v) is 11.8. The molecule has 96 valence electrons. The summed E-state index contributed by atoms with van der Waals surface area (Å²) in [5.41, 5.74) is 0. The molecule has 1 fully saturated rings. The highest BCUT2D eigenvalue weighted by Gasteiger charge is 2.17. The number of nitrogens with one attached hydrogen (secondary N) is 1. The molecule has 1 saturated heterocycles. The Morgan fingerprint density at radius 2 is 2.12 bits per heavy atom. The molecule has 1 atom stereocenters. The van der Waals surface area contributed by atoms with Crippen molar-refractivity contribution in [2.75, 3.05) is 38.2 Å². The van der Waals surface area contributed by atoms with E-state index in [4.69, 9.17) is 0 Å². The second kappa shape index (κ2) is 9.32. The van der Waals surface area contributed by atoms with Crippen molar-refractivity contribution >= 4 is 11.8 Å². The molecule has 1 heterocycles. The zero-order valence-electron chi connectivity index (χ0n) is 11.0. The SMILES string of the molecule is CCCCN(CCCSC)CC1CCCN1. The summed E-state index contributed by atoms with van der Waals surface area (Å²) in [5.74, 6) is 1.31. The van der Waals surface area contributed by atoms with Crippen molar-refractivity contribution in [2.45, 2.75) is 45.1 Å². The van der Waals surface area contributed by atoms with E-state index in [0.717, 1.165) is 6.04 Å². The van der Waals surface area contributed by atoms with Gasteiger partial charge in [-0.15, -0.1) is 0 Å². The van der Waals surface area contributed by atoms with Gasteiger partial charge in [-0.25, -0.2) is 0 Å². The van der Waals surface area contributed by atoms with Gasteiger partial charge >= 0.3 is 0 Å². The lowest BCUT2D eigenvalue weighted by atomic mass is 10.2. The van der Waals surface area contributed by atoms with Gasteiger partial charge in [0, 0.05) is 12.6 Å². The fourth-order valence-electron chi connectivity index (χ4n) is 2.33. The zero-order chi connectivity index (χ0) is 11.6. The Labute approximate surface area is 106 Å². The average Bonchev–Trinajstić information content (AvgIpc) is 2.78. The highest BCUT2D eigenvalue weighted by molar-refractivity contribution is 7.98. The van der Waals surface area contributed by atoms with Crippen LogP contribution >= 0.6 is 11.8 Å². The van der Waals surface area contributed by atoms with Crippen molar-refractivity contribution in [1.82, 2.24) is 10.2 Å². The Morgan fingerprint density at radius 3 is 2.75 bits per heavy atom. The quantitative estimate of drug-likeness (QED) is 0.628. The third kappa shape index (κ3) is 6.12. The third-order valence-corrected chi connectivity index (χ3v) is 3.99. The molecule has 0 radical (unpaired) electrons. The van der Waals surface area contributed by atoms with Crippen LogP contribution in [-0.4, -0.2) is 49.1 Å². The van der Waals surface area contributed by atoms with Crippen LogP contribution < -0.4 is 5.32 Å². The van der Waals surface area contributed by atoms with Gasteiger partial charge in [-0.2, -0.15) is 11.8 Å². The molecule has 2 nitrogen and oxygen atoms in total. The lowest BCUT2D eigenvalue weighted by molar-refractivity contribution is 0.246.